The number of rotatable bonds is 11. The summed E-state index contributed by atoms with van der Waals surface area (Å²) in [6, 6.07) is 12.2. The smallest absolute Gasteiger partial charge is 0.233 e. The number of hydrogen-bond acceptors (Lipinski definition) is 8. The van der Waals surface area contributed by atoms with E-state index in [-0.39, 0.29) is 5.82 Å². The van der Waals surface area contributed by atoms with Gasteiger partial charge in [0, 0.05) is 47.0 Å². The van der Waals surface area contributed by atoms with Gasteiger partial charge >= 0.3 is 0 Å². The van der Waals surface area contributed by atoms with Crippen LogP contribution in [0.2, 0.25) is 0 Å². The topological polar surface area (TPSA) is 118 Å². The summed E-state index contributed by atoms with van der Waals surface area (Å²) in [7, 11) is 0. The lowest BCUT2D eigenvalue weighted by molar-refractivity contribution is 0.585. The second-order valence-corrected chi connectivity index (χ2v) is 7.84. The van der Waals surface area contributed by atoms with Gasteiger partial charge in [-0.2, -0.15) is 0 Å². The highest BCUT2D eigenvalue weighted by atomic mass is 32.2. The maximum absolute atomic E-state index is 13.3. The summed E-state index contributed by atoms with van der Waals surface area (Å²) in [6.45, 7) is 2.35. The third-order valence-corrected chi connectivity index (χ3v) is 5.38. The molecule has 0 saturated carbocycles. The first kappa shape index (κ1) is 21.7. The van der Waals surface area contributed by atoms with Gasteiger partial charge in [-0.1, -0.05) is 18.2 Å². The van der Waals surface area contributed by atoms with Crippen LogP contribution in [-0.2, 0) is 13.1 Å². The highest BCUT2D eigenvalue weighted by Gasteiger charge is 2.16. The van der Waals surface area contributed by atoms with Crippen LogP contribution in [0.25, 0.3) is 0 Å². The van der Waals surface area contributed by atoms with Gasteiger partial charge in [-0.15, -0.1) is 0 Å². The van der Waals surface area contributed by atoms with Crippen LogP contribution in [0.3, 0.4) is 0 Å². The highest BCUT2D eigenvalue weighted by Crippen LogP contribution is 2.23. The zero-order valence-electron chi connectivity index (χ0n) is 17.2. The molecule has 0 amide bonds. The minimum atomic E-state index is -1.63. The predicted octanol–water partition coefficient (Wildman–Crippen LogP) is 3.58. The van der Waals surface area contributed by atoms with E-state index in [1.165, 1.54) is 12.1 Å². The number of H-pyrrole nitrogens is 1. The van der Waals surface area contributed by atoms with Crippen LogP contribution in [-0.4, -0.2) is 41.3 Å². The molecule has 3 N–H and O–H groups in total. The fraction of sp³-hybridized carbons (Fsp3) is 0.238. The minimum absolute atomic E-state index is 0.254. The van der Waals surface area contributed by atoms with Gasteiger partial charge in [-0.3, -0.25) is 0 Å². The number of pyridine rings is 1. The van der Waals surface area contributed by atoms with Gasteiger partial charge in [-0.05, 0) is 36.2 Å². The van der Waals surface area contributed by atoms with Crippen LogP contribution >= 0.6 is 11.1 Å². The molecular weight excluding hydrogens is 431 g/mol. The number of halogens is 1. The summed E-state index contributed by atoms with van der Waals surface area (Å²) in [5, 5.41) is 6.30. The molecule has 3 heterocycles. The lowest BCUT2D eigenvalue weighted by Gasteiger charge is -2.24. The molecule has 0 aliphatic carbocycles. The van der Waals surface area contributed by atoms with Crippen molar-refractivity contribution in [3.8, 4) is 0 Å². The average Bonchev–Trinajstić information content (AvgIpc) is 3.45. The van der Waals surface area contributed by atoms with E-state index >= 15 is 0 Å². The predicted molar refractivity (Wildman–Crippen MR) is 121 cm³/mol. The number of nitrogens with one attached hydrogen (secondary N) is 3. The molecule has 0 saturated heterocycles. The second-order valence-electron chi connectivity index (χ2n) is 7.02. The van der Waals surface area contributed by atoms with Crippen molar-refractivity contribution in [2.45, 2.75) is 19.5 Å². The van der Waals surface area contributed by atoms with Gasteiger partial charge < -0.3 is 25.1 Å². The van der Waals surface area contributed by atoms with Crippen molar-refractivity contribution in [3.63, 3.8) is 0 Å². The van der Waals surface area contributed by atoms with Crippen molar-refractivity contribution in [1.82, 2.24) is 23.7 Å². The third kappa shape index (κ3) is 5.99. The number of aromatic amines is 1. The summed E-state index contributed by atoms with van der Waals surface area (Å²) < 4.78 is 33.1. The molecule has 1 atom stereocenters. The fourth-order valence-corrected chi connectivity index (χ4v) is 3.81. The average molecular weight is 455 g/mol. The summed E-state index contributed by atoms with van der Waals surface area (Å²) in [6.07, 6.45) is 5.92. The Hall–Kier alpha value is -3.57. The molecule has 0 aliphatic heterocycles. The maximum Gasteiger partial charge on any atom is 0.233 e. The molecule has 0 aliphatic rings. The van der Waals surface area contributed by atoms with Crippen molar-refractivity contribution < 1.29 is 8.94 Å². The van der Waals surface area contributed by atoms with Crippen molar-refractivity contribution in [3.05, 3.63) is 78.3 Å². The lowest BCUT2D eigenvalue weighted by atomic mass is 10.2. The molecule has 4 rings (SSSR count). The number of nitrogens with zero attached hydrogens (tertiary/aromatic N) is 5. The third-order valence-electron chi connectivity index (χ3n) is 4.70. The van der Waals surface area contributed by atoms with E-state index in [0.717, 1.165) is 23.6 Å². The Morgan fingerprint density at radius 3 is 2.53 bits per heavy atom. The highest BCUT2D eigenvalue weighted by molar-refractivity contribution is 7.14. The van der Waals surface area contributed by atoms with Crippen molar-refractivity contribution >= 4 is 28.6 Å². The molecule has 4 aromatic rings. The van der Waals surface area contributed by atoms with E-state index < -0.39 is 11.1 Å². The normalized spacial score (nSPS) is 11.4. The quantitative estimate of drug-likeness (QED) is 0.232. The Balaban J connectivity index is 1.33. The van der Waals surface area contributed by atoms with Crippen LogP contribution in [0.1, 0.15) is 17.8 Å². The number of anilines is 3. The van der Waals surface area contributed by atoms with Gasteiger partial charge in [0.1, 0.15) is 17.5 Å². The first-order valence-electron chi connectivity index (χ1n) is 10.1. The van der Waals surface area contributed by atoms with Crippen molar-refractivity contribution in [1.29, 1.82) is 0 Å². The molecule has 0 fully saturated rings. The Morgan fingerprint density at radius 2 is 1.81 bits per heavy atom. The second kappa shape index (κ2) is 10.6. The molecule has 1 unspecified atom stereocenters. The molecule has 1 aromatic carbocycles. The zero-order chi connectivity index (χ0) is 22.2. The number of imidazole rings is 1. The van der Waals surface area contributed by atoms with Crippen LogP contribution in [0, 0.1) is 5.82 Å². The van der Waals surface area contributed by atoms with E-state index in [9.17, 15) is 8.94 Å². The van der Waals surface area contributed by atoms with E-state index in [1.807, 2.05) is 18.2 Å². The maximum atomic E-state index is 13.3. The van der Waals surface area contributed by atoms with Crippen molar-refractivity contribution in [2.24, 2.45) is 0 Å². The van der Waals surface area contributed by atoms with Crippen LogP contribution in [0.4, 0.5) is 21.8 Å². The van der Waals surface area contributed by atoms with Crippen LogP contribution in [0.5, 0.6) is 0 Å². The van der Waals surface area contributed by atoms with E-state index in [4.69, 9.17) is 0 Å². The number of hydrogen-bond donors (Lipinski definition) is 3. The molecule has 9 nitrogen and oxygen atoms in total. The molecule has 0 radical (unpaired) electrons. The summed E-state index contributed by atoms with van der Waals surface area (Å²) >= 11 is -1.63. The first-order valence-corrected chi connectivity index (χ1v) is 11.2. The molecule has 3 aromatic heterocycles. The van der Waals surface area contributed by atoms with E-state index in [0.29, 0.717) is 37.8 Å². The monoisotopic (exact) mass is 454 g/mol. The molecule has 0 bridgehead atoms. The van der Waals surface area contributed by atoms with Gasteiger partial charge in [0.15, 0.2) is 11.1 Å². The summed E-state index contributed by atoms with van der Waals surface area (Å²) in [5.41, 5.74) is 0.997. The minimum Gasteiger partial charge on any atom is -0.546 e. The van der Waals surface area contributed by atoms with Crippen LogP contribution in [0.15, 0.2) is 61.1 Å². The lowest BCUT2D eigenvalue weighted by Crippen LogP contribution is -2.26. The Bertz CT molecular complexity index is 1090. The molecule has 166 valence electrons. The van der Waals surface area contributed by atoms with Gasteiger partial charge in [0.05, 0.1) is 6.54 Å². The van der Waals surface area contributed by atoms with E-state index in [1.54, 1.807) is 30.7 Å². The van der Waals surface area contributed by atoms with Crippen molar-refractivity contribution in [2.75, 3.05) is 28.6 Å². The number of benzene rings is 1. The SMILES string of the molecule is [O-][s+]1nc(NCCCN(Cc2ccc(F)cc2)c2ccccn2)c(NCc2ncc[nH]2)n1. The van der Waals surface area contributed by atoms with Gasteiger partial charge in [0.25, 0.3) is 0 Å². The molecule has 11 heteroatoms. The Labute approximate surface area is 187 Å². The molecule has 32 heavy (non-hydrogen) atoms. The van der Waals surface area contributed by atoms with E-state index in [2.05, 4.69) is 39.2 Å². The fourth-order valence-electron chi connectivity index (χ4n) is 3.16. The van der Waals surface area contributed by atoms with Crippen LogP contribution < -0.4 is 15.5 Å². The molecule has 0 spiro atoms. The van der Waals surface area contributed by atoms with Gasteiger partial charge in [0.2, 0.25) is 11.6 Å². The Morgan fingerprint density at radius 1 is 1.00 bits per heavy atom. The largest absolute Gasteiger partial charge is 0.546 e. The standard InChI is InChI=1S/C21H23FN8OS/c22-17-7-5-16(6-8-17)15-30(19-4-1-2-9-25-19)13-3-10-26-20-21(29-32(31)28-20)27-14-18-23-11-12-24-18/h1-2,4-9,11-12H,3,10,13-15H2,(H,23,24)(H,26,28)(H,27,29). The van der Waals surface area contributed by atoms with Gasteiger partial charge in [-0.25, -0.2) is 14.4 Å². The Kier molecular flexibility index (Phi) is 7.20. The number of aromatic nitrogens is 5. The first-order chi connectivity index (χ1) is 15.7. The molecular formula is C21H23FN8OS. The summed E-state index contributed by atoms with van der Waals surface area (Å²) in [5.74, 6) is 2.26. The summed E-state index contributed by atoms with van der Waals surface area (Å²) in [4.78, 5) is 13.7. The zero-order valence-corrected chi connectivity index (χ0v) is 18.1.